The van der Waals surface area contributed by atoms with Gasteiger partial charge in [-0.15, -0.1) is 0 Å². The van der Waals surface area contributed by atoms with Gasteiger partial charge in [0.15, 0.2) is 0 Å². The van der Waals surface area contributed by atoms with E-state index in [-0.39, 0.29) is 0 Å². The van der Waals surface area contributed by atoms with E-state index >= 15 is 0 Å². The zero-order valence-electron chi connectivity index (χ0n) is 10.5. The van der Waals surface area contributed by atoms with E-state index in [4.69, 9.17) is 5.73 Å². The minimum atomic E-state index is 0.544. The lowest BCUT2D eigenvalue weighted by Crippen LogP contribution is -2.39. The van der Waals surface area contributed by atoms with Crippen molar-refractivity contribution >= 4 is 21.7 Å². The largest absolute Gasteiger partial charge is 0.356 e. The molecule has 2 heterocycles. The molecule has 1 aliphatic rings. The molecule has 0 radical (unpaired) electrons. The maximum absolute atomic E-state index is 5.80. The van der Waals surface area contributed by atoms with Gasteiger partial charge in [-0.3, -0.25) is 0 Å². The molecule has 0 bridgehead atoms. The number of nitrogens with two attached hydrogens (primary N) is 1. The van der Waals surface area contributed by atoms with Gasteiger partial charge in [-0.05, 0) is 40.3 Å². The number of aromatic nitrogens is 1. The molecule has 3 nitrogen and oxygen atoms in total. The molecule has 2 N–H and O–H groups in total. The van der Waals surface area contributed by atoms with Crippen LogP contribution in [0.3, 0.4) is 0 Å². The minimum absolute atomic E-state index is 0.544. The lowest BCUT2D eigenvalue weighted by molar-refractivity contribution is 0.322. The van der Waals surface area contributed by atoms with E-state index in [1.54, 1.807) is 0 Å². The summed E-state index contributed by atoms with van der Waals surface area (Å²) in [6, 6.07) is 2.07. The van der Waals surface area contributed by atoms with E-state index in [2.05, 4.69) is 45.7 Å². The summed E-state index contributed by atoms with van der Waals surface area (Å²) in [4.78, 5) is 6.91. The molecule has 0 amide bonds. The van der Waals surface area contributed by atoms with Crippen LogP contribution in [-0.2, 0) is 6.54 Å². The van der Waals surface area contributed by atoms with Crippen LogP contribution >= 0.6 is 15.9 Å². The van der Waals surface area contributed by atoms with Gasteiger partial charge < -0.3 is 10.6 Å². The Morgan fingerprint density at radius 3 is 2.88 bits per heavy atom. The highest BCUT2D eigenvalue weighted by molar-refractivity contribution is 9.10. The van der Waals surface area contributed by atoms with Gasteiger partial charge in [0.1, 0.15) is 5.82 Å². The number of halogens is 1. The van der Waals surface area contributed by atoms with Crippen molar-refractivity contribution in [3.05, 3.63) is 22.3 Å². The summed E-state index contributed by atoms with van der Waals surface area (Å²) in [7, 11) is 0. The first-order chi connectivity index (χ1) is 8.11. The van der Waals surface area contributed by atoms with Crippen molar-refractivity contribution in [2.24, 2.45) is 17.6 Å². The van der Waals surface area contributed by atoms with E-state index < -0.39 is 0 Å². The molecular formula is C13H20BrN3. The van der Waals surface area contributed by atoms with Crippen molar-refractivity contribution < 1.29 is 0 Å². The monoisotopic (exact) mass is 297 g/mol. The van der Waals surface area contributed by atoms with Gasteiger partial charge in [0.2, 0.25) is 0 Å². The smallest absolute Gasteiger partial charge is 0.133 e. The van der Waals surface area contributed by atoms with Crippen molar-refractivity contribution in [1.82, 2.24) is 4.98 Å². The summed E-state index contributed by atoms with van der Waals surface area (Å²) >= 11 is 3.45. The molecule has 1 saturated heterocycles. The predicted octanol–water partition coefficient (Wildman–Crippen LogP) is 2.79. The number of rotatable bonds is 2. The Morgan fingerprint density at radius 2 is 2.24 bits per heavy atom. The molecule has 1 aromatic rings. The van der Waals surface area contributed by atoms with Gasteiger partial charge in [0, 0.05) is 35.9 Å². The van der Waals surface area contributed by atoms with Crippen LogP contribution in [0.25, 0.3) is 0 Å². The van der Waals surface area contributed by atoms with Crippen LogP contribution in [0.2, 0.25) is 0 Å². The van der Waals surface area contributed by atoms with Crippen LogP contribution in [0.15, 0.2) is 16.7 Å². The molecule has 0 aromatic carbocycles. The van der Waals surface area contributed by atoms with Gasteiger partial charge in [0.05, 0.1) is 0 Å². The lowest BCUT2D eigenvalue weighted by atomic mass is 9.88. The van der Waals surface area contributed by atoms with Crippen LogP contribution in [0.4, 0.5) is 5.82 Å². The van der Waals surface area contributed by atoms with Gasteiger partial charge in [0.25, 0.3) is 0 Å². The van der Waals surface area contributed by atoms with Gasteiger partial charge in [-0.25, -0.2) is 4.98 Å². The Hall–Kier alpha value is -0.610. The van der Waals surface area contributed by atoms with E-state index in [9.17, 15) is 0 Å². The highest BCUT2D eigenvalue weighted by Crippen LogP contribution is 2.28. The molecule has 17 heavy (non-hydrogen) atoms. The summed E-state index contributed by atoms with van der Waals surface area (Å²) in [5.41, 5.74) is 6.93. The number of nitrogens with zero attached hydrogens (tertiary/aromatic N) is 2. The Kier molecular flexibility index (Phi) is 4.05. The number of pyridine rings is 1. The molecule has 94 valence electrons. The average Bonchev–Trinajstić information content (AvgIpc) is 2.32. The summed E-state index contributed by atoms with van der Waals surface area (Å²) in [6.45, 7) is 7.37. The van der Waals surface area contributed by atoms with E-state index in [0.29, 0.717) is 6.54 Å². The summed E-state index contributed by atoms with van der Waals surface area (Å²) in [5, 5.41) is 0. The molecule has 2 unspecified atom stereocenters. The molecule has 2 atom stereocenters. The number of piperidine rings is 1. The summed E-state index contributed by atoms with van der Waals surface area (Å²) < 4.78 is 1.00. The number of hydrogen-bond donors (Lipinski definition) is 1. The SMILES string of the molecule is CC1CCN(c2ncc(Br)cc2CN)CC1C. The second-order valence-corrected chi connectivity index (χ2v) is 5.95. The third-order valence-electron chi connectivity index (χ3n) is 3.76. The molecule has 1 aromatic heterocycles. The molecule has 0 aliphatic carbocycles. The summed E-state index contributed by atoms with van der Waals surface area (Å²) in [5.74, 6) is 2.59. The molecule has 0 spiro atoms. The van der Waals surface area contributed by atoms with Crippen molar-refractivity contribution in [2.45, 2.75) is 26.8 Å². The molecule has 1 aliphatic heterocycles. The fourth-order valence-electron chi connectivity index (χ4n) is 2.36. The van der Waals surface area contributed by atoms with Crippen LogP contribution in [0.5, 0.6) is 0 Å². The van der Waals surface area contributed by atoms with Crippen molar-refractivity contribution in [3.63, 3.8) is 0 Å². The fourth-order valence-corrected chi connectivity index (χ4v) is 2.74. The molecular weight excluding hydrogens is 278 g/mol. The lowest BCUT2D eigenvalue weighted by Gasteiger charge is -2.36. The standard InChI is InChI=1S/C13H20BrN3/c1-9-3-4-17(8-10(9)2)13-11(6-15)5-12(14)7-16-13/h5,7,9-10H,3-4,6,8,15H2,1-2H3. The van der Waals surface area contributed by atoms with Crippen LogP contribution < -0.4 is 10.6 Å². The van der Waals surface area contributed by atoms with Crippen LogP contribution in [0, 0.1) is 11.8 Å². The Labute approximate surface area is 112 Å². The zero-order valence-corrected chi connectivity index (χ0v) is 12.1. The third-order valence-corrected chi connectivity index (χ3v) is 4.20. The van der Waals surface area contributed by atoms with Gasteiger partial charge in [-0.1, -0.05) is 13.8 Å². The molecule has 2 rings (SSSR count). The third kappa shape index (κ3) is 2.80. The second-order valence-electron chi connectivity index (χ2n) is 5.03. The quantitative estimate of drug-likeness (QED) is 0.913. The number of anilines is 1. The highest BCUT2D eigenvalue weighted by Gasteiger charge is 2.24. The molecule has 4 heteroatoms. The average molecular weight is 298 g/mol. The second kappa shape index (κ2) is 5.36. The maximum Gasteiger partial charge on any atom is 0.133 e. The fraction of sp³-hybridized carbons (Fsp3) is 0.615. The van der Waals surface area contributed by atoms with E-state index in [0.717, 1.165) is 40.8 Å². The Bertz CT molecular complexity index is 394. The molecule has 0 saturated carbocycles. The van der Waals surface area contributed by atoms with Crippen molar-refractivity contribution in [3.8, 4) is 0 Å². The Balaban J connectivity index is 2.22. The van der Waals surface area contributed by atoms with E-state index in [1.165, 1.54) is 6.42 Å². The summed E-state index contributed by atoms with van der Waals surface area (Å²) in [6.07, 6.45) is 3.10. The Morgan fingerprint density at radius 1 is 1.47 bits per heavy atom. The van der Waals surface area contributed by atoms with Crippen LogP contribution in [-0.4, -0.2) is 18.1 Å². The highest BCUT2D eigenvalue weighted by atomic mass is 79.9. The van der Waals surface area contributed by atoms with Crippen LogP contribution in [0.1, 0.15) is 25.8 Å². The van der Waals surface area contributed by atoms with Gasteiger partial charge >= 0.3 is 0 Å². The van der Waals surface area contributed by atoms with Gasteiger partial charge in [-0.2, -0.15) is 0 Å². The zero-order chi connectivity index (χ0) is 12.4. The topological polar surface area (TPSA) is 42.2 Å². The first-order valence-corrected chi connectivity index (χ1v) is 7.00. The normalized spacial score (nSPS) is 25.1. The van der Waals surface area contributed by atoms with Crippen molar-refractivity contribution in [2.75, 3.05) is 18.0 Å². The maximum atomic E-state index is 5.80. The first kappa shape index (κ1) is 12.8. The first-order valence-electron chi connectivity index (χ1n) is 6.21. The number of hydrogen-bond acceptors (Lipinski definition) is 3. The molecule has 1 fully saturated rings. The van der Waals surface area contributed by atoms with E-state index in [1.807, 2.05) is 6.20 Å². The predicted molar refractivity (Wildman–Crippen MR) is 75.0 cm³/mol. The minimum Gasteiger partial charge on any atom is -0.356 e. The van der Waals surface area contributed by atoms with Crippen molar-refractivity contribution in [1.29, 1.82) is 0 Å².